The summed E-state index contributed by atoms with van der Waals surface area (Å²) < 4.78 is 34.8. The molecule has 2 aromatic carbocycles. The summed E-state index contributed by atoms with van der Waals surface area (Å²) in [5.74, 6) is -0.215. The number of benzene rings is 2. The number of anilines is 1. The standard InChI is InChI=1S/C20H17BrF2N4O2S/c1-2-9-27-18(11-29-15-6-4-14(22)5-7-15)25-26-20(27)30-12-19(28)24-17-8-3-13(21)10-16(17)23/h2-8,10H,1,9,11-12H2,(H,24,28). The Labute approximate surface area is 184 Å². The second kappa shape index (κ2) is 10.4. The van der Waals surface area contributed by atoms with Gasteiger partial charge in [-0.1, -0.05) is 33.8 Å². The maximum absolute atomic E-state index is 13.9. The molecule has 0 saturated carbocycles. The van der Waals surface area contributed by atoms with Crippen molar-refractivity contribution in [3.8, 4) is 5.75 Å². The number of carbonyl (C=O) groups excluding carboxylic acids is 1. The van der Waals surface area contributed by atoms with Gasteiger partial charge < -0.3 is 10.1 Å². The highest BCUT2D eigenvalue weighted by molar-refractivity contribution is 9.10. The fraction of sp³-hybridized carbons (Fsp3) is 0.150. The smallest absolute Gasteiger partial charge is 0.234 e. The predicted molar refractivity (Wildman–Crippen MR) is 114 cm³/mol. The molecule has 30 heavy (non-hydrogen) atoms. The minimum atomic E-state index is -0.530. The number of thioether (sulfide) groups is 1. The van der Waals surface area contributed by atoms with Crippen molar-refractivity contribution in [3.63, 3.8) is 0 Å². The van der Waals surface area contributed by atoms with Gasteiger partial charge in [-0.05, 0) is 42.5 Å². The van der Waals surface area contributed by atoms with Gasteiger partial charge in [0.2, 0.25) is 5.91 Å². The summed E-state index contributed by atoms with van der Waals surface area (Å²) in [4.78, 5) is 12.2. The number of hydrogen-bond donors (Lipinski definition) is 1. The fourth-order valence-corrected chi connectivity index (χ4v) is 3.53. The van der Waals surface area contributed by atoms with Crippen LogP contribution in [0.25, 0.3) is 0 Å². The molecule has 0 saturated heterocycles. The van der Waals surface area contributed by atoms with Crippen LogP contribution in [-0.2, 0) is 17.9 Å². The van der Waals surface area contributed by atoms with Gasteiger partial charge in [0.05, 0.1) is 11.4 Å². The second-order valence-electron chi connectivity index (χ2n) is 6.00. The van der Waals surface area contributed by atoms with Gasteiger partial charge in [0.25, 0.3) is 0 Å². The summed E-state index contributed by atoms with van der Waals surface area (Å²) in [5, 5.41) is 11.2. The number of nitrogens with one attached hydrogen (secondary N) is 1. The van der Waals surface area contributed by atoms with Crippen molar-refractivity contribution < 1.29 is 18.3 Å². The van der Waals surface area contributed by atoms with Crippen LogP contribution < -0.4 is 10.1 Å². The molecule has 0 spiro atoms. The fourth-order valence-electron chi connectivity index (χ4n) is 2.43. The molecule has 3 rings (SSSR count). The molecule has 0 unspecified atom stereocenters. The summed E-state index contributed by atoms with van der Waals surface area (Å²) in [6.45, 7) is 4.25. The van der Waals surface area contributed by atoms with Crippen LogP contribution in [0.2, 0.25) is 0 Å². The summed E-state index contributed by atoms with van der Waals surface area (Å²) in [6.07, 6.45) is 1.67. The summed E-state index contributed by atoms with van der Waals surface area (Å²) >= 11 is 4.33. The molecule has 0 atom stereocenters. The maximum Gasteiger partial charge on any atom is 0.234 e. The summed E-state index contributed by atoms with van der Waals surface area (Å²) in [6, 6.07) is 10.0. The van der Waals surface area contributed by atoms with Crippen LogP contribution in [-0.4, -0.2) is 26.4 Å². The number of rotatable bonds is 9. The van der Waals surface area contributed by atoms with Gasteiger partial charge in [0.15, 0.2) is 11.0 Å². The van der Waals surface area contributed by atoms with Gasteiger partial charge >= 0.3 is 0 Å². The van der Waals surface area contributed by atoms with Crippen molar-refractivity contribution >= 4 is 39.3 Å². The first-order chi connectivity index (χ1) is 14.5. The Bertz CT molecular complexity index is 1040. The minimum Gasteiger partial charge on any atom is -0.486 e. The lowest BCUT2D eigenvalue weighted by Gasteiger charge is -2.09. The van der Waals surface area contributed by atoms with Gasteiger partial charge in [-0.15, -0.1) is 16.8 Å². The van der Waals surface area contributed by atoms with Crippen molar-refractivity contribution in [1.29, 1.82) is 0 Å². The minimum absolute atomic E-state index is 0.0175. The highest BCUT2D eigenvalue weighted by Gasteiger charge is 2.15. The van der Waals surface area contributed by atoms with Crippen LogP contribution in [0.15, 0.2) is 64.7 Å². The molecule has 0 aliphatic carbocycles. The van der Waals surface area contributed by atoms with Gasteiger partial charge in [-0.3, -0.25) is 9.36 Å². The van der Waals surface area contributed by atoms with Gasteiger partial charge in [0.1, 0.15) is 24.0 Å². The average molecular weight is 495 g/mol. The van der Waals surface area contributed by atoms with E-state index in [4.69, 9.17) is 4.74 Å². The largest absolute Gasteiger partial charge is 0.486 e. The average Bonchev–Trinajstić information content (AvgIpc) is 3.10. The van der Waals surface area contributed by atoms with E-state index in [2.05, 4.69) is 38.0 Å². The molecular formula is C20H17BrF2N4O2S. The molecule has 156 valence electrons. The number of aromatic nitrogens is 3. The molecule has 0 aliphatic heterocycles. The first-order valence-corrected chi connectivity index (χ1v) is 10.5. The number of nitrogens with zero attached hydrogens (tertiary/aromatic N) is 3. The monoisotopic (exact) mass is 494 g/mol. The number of carbonyl (C=O) groups is 1. The van der Waals surface area contributed by atoms with Gasteiger partial charge in [0, 0.05) is 11.0 Å². The lowest BCUT2D eigenvalue weighted by Crippen LogP contribution is -2.16. The number of ether oxygens (including phenoxy) is 1. The zero-order chi connectivity index (χ0) is 21.5. The molecule has 1 aromatic heterocycles. The number of halogens is 3. The van der Waals surface area contributed by atoms with Crippen LogP contribution >= 0.6 is 27.7 Å². The Morgan fingerprint density at radius 1 is 1.23 bits per heavy atom. The Balaban J connectivity index is 1.61. The molecule has 0 aliphatic rings. The van der Waals surface area contributed by atoms with E-state index in [0.29, 0.717) is 27.7 Å². The van der Waals surface area contributed by atoms with Crippen molar-refractivity contribution in [2.24, 2.45) is 0 Å². The molecule has 0 fully saturated rings. The van der Waals surface area contributed by atoms with E-state index in [9.17, 15) is 13.6 Å². The maximum atomic E-state index is 13.9. The molecule has 3 aromatic rings. The first-order valence-electron chi connectivity index (χ1n) is 8.75. The van der Waals surface area contributed by atoms with Crippen LogP contribution in [0.4, 0.5) is 14.5 Å². The lowest BCUT2D eigenvalue weighted by molar-refractivity contribution is -0.113. The summed E-state index contributed by atoms with van der Waals surface area (Å²) in [7, 11) is 0. The van der Waals surface area contributed by atoms with Crippen LogP contribution in [0.1, 0.15) is 5.82 Å². The van der Waals surface area contributed by atoms with Crippen molar-refractivity contribution in [2.45, 2.75) is 18.3 Å². The third kappa shape index (κ3) is 5.90. The molecule has 0 bridgehead atoms. The van der Waals surface area contributed by atoms with Gasteiger partial charge in [-0.2, -0.15) is 0 Å². The van der Waals surface area contributed by atoms with Crippen molar-refractivity contribution in [2.75, 3.05) is 11.1 Å². The van der Waals surface area contributed by atoms with Crippen LogP contribution in [0.3, 0.4) is 0 Å². The Morgan fingerprint density at radius 3 is 2.70 bits per heavy atom. The Kier molecular flexibility index (Phi) is 7.58. The third-order valence-electron chi connectivity index (χ3n) is 3.82. The third-order valence-corrected chi connectivity index (χ3v) is 5.28. The van der Waals surface area contributed by atoms with Crippen molar-refractivity contribution in [1.82, 2.24) is 14.8 Å². The first kappa shape index (κ1) is 22.0. The van der Waals surface area contributed by atoms with E-state index in [1.165, 1.54) is 36.4 Å². The highest BCUT2D eigenvalue weighted by Crippen LogP contribution is 2.22. The number of amides is 1. The van der Waals surface area contributed by atoms with E-state index in [1.807, 2.05) is 0 Å². The van der Waals surface area contributed by atoms with E-state index in [1.54, 1.807) is 16.7 Å². The zero-order valence-electron chi connectivity index (χ0n) is 15.6. The Morgan fingerprint density at radius 2 is 2.00 bits per heavy atom. The van der Waals surface area contributed by atoms with Crippen LogP contribution in [0, 0.1) is 11.6 Å². The van der Waals surface area contributed by atoms with Crippen molar-refractivity contribution in [3.05, 3.63) is 77.1 Å². The number of hydrogen-bond acceptors (Lipinski definition) is 5. The SMILES string of the molecule is C=CCn1c(COc2ccc(F)cc2)nnc1SCC(=O)Nc1ccc(Br)cc1F. The highest BCUT2D eigenvalue weighted by atomic mass is 79.9. The number of allylic oxidation sites excluding steroid dienone is 1. The topological polar surface area (TPSA) is 69.0 Å². The van der Waals surface area contributed by atoms with Gasteiger partial charge in [-0.25, -0.2) is 8.78 Å². The van der Waals surface area contributed by atoms with E-state index in [0.717, 1.165) is 11.8 Å². The molecular weight excluding hydrogens is 478 g/mol. The molecule has 10 heteroatoms. The van der Waals surface area contributed by atoms with E-state index < -0.39 is 5.82 Å². The molecule has 1 N–H and O–H groups in total. The van der Waals surface area contributed by atoms with E-state index >= 15 is 0 Å². The summed E-state index contributed by atoms with van der Waals surface area (Å²) in [5.41, 5.74) is 0.102. The predicted octanol–water partition coefficient (Wildman–Crippen LogP) is 4.81. The lowest BCUT2D eigenvalue weighted by atomic mass is 10.3. The Hall–Kier alpha value is -2.72. The molecule has 1 amide bonds. The quantitative estimate of drug-likeness (QED) is 0.341. The van der Waals surface area contributed by atoms with Crippen LogP contribution in [0.5, 0.6) is 5.75 Å². The molecule has 1 heterocycles. The molecule has 6 nitrogen and oxygen atoms in total. The van der Waals surface area contributed by atoms with E-state index in [-0.39, 0.29) is 29.8 Å². The second-order valence-corrected chi connectivity index (χ2v) is 7.86. The normalized spacial score (nSPS) is 10.6. The molecule has 0 radical (unpaired) electrons. The zero-order valence-corrected chi connectivity index (χ0v) is 18.1.